The molecule has 0 bridgehead atoms. The van der Waals surface area contributed by atoms with Gasteiger partial charge in [0.15, 0.2) is 0 Å². The molecule has 0 radical (unpaired) electrons. The third kappa shape index (κ3) is 4.92. The molecule has 1 fully saturated rings. The van der Waals surface area contributed by atoms with Gasteiger partial charge in [0.1, 0.15) is 0 Å². The lowest BCUT2D eigenvalue weighted by Crippen LogP contribution is -2.35. The summed E-state index contributed by atoms with van der Waals surface area (Å²) in [6.45, 7) is 6.85. The van der Waals surface area contributed by atoms with Crippen LogP contribution in [-0.2, 0) is 24.2 Å². The van der Waals surface area contributed by atoms with E-state index in [4.69, 9.17) is 4.74 Å². The molecule has 0 amide bonds. The van der Waals surface area contributed by atoms with Crippen LogP contribution in [0.25, 0.3) is 0 Å². The second-order valence-electron chi connectivity index (χ2n) is 5.71. The van der Waals surface area contributed by atoms with Gasteiger partial charge in [-0.05, 0) is 29.0 Å². The minimum absolute atomic E-state index is 0.867. The minimum atomic E-state index is 0.867. The molecular weight excluding hydrogens is 292 g/mol. The van der Waals surface area contributed by atoms with Gasteiger partial charge in [-0.3, -0.25) is 4.90 Å². The van der Waals surface area contributed by atoms with E-state index >= 15 is 0 Å². The Morgan fingerprint density at radius 3 is 2.55 bits per heavy atom. The number of thiophene rings is 1. The number of rotatable bonds is 7. The van der Waals surface area contributed by atoms with Crippen molar-refractivity contribution < 1.29 is 4.74 Å². The Morgan fingerprint density at radius 1 is 1.05 bits per heavy atom. The van der Waals surface area contributed by atoms with Crippen LogP contribution < -0.4 is 5.32 Å². The number of hydrogen-bond donors (Lipinski definition) is 1. The zero-order valence-electron chi connectivity index (χ0n) is 13.0. The van der Waals surface area contributed by atoms with Crippen LogP contribution in [0.2, 0.25) is 0 Å². The normalized spacial score (nSPS) is 16.0. The molecule has 1 aromatic carbocycles. The van der Waals surface area contributed by atoms with Crippen molar-refractivity contribution in [1.82, 2.24) is 10.2 Å². The predicted octanol–water partition coefficient (Wildman–Crippen LogP) is 2.91. The summed E-state index contributed by atoms with van der Waals surface area (Å²) in [6, 6.07) is 13.3. The van der Waals surface area contributed by atoms with E-state index in [0.29, 0.717) is 0 Å². The Balaban J connectivity index is 1.39. The van der Waals surface area contributed by atoms with Crippen LogP contribution in [0, 0.1) is 0 Å². The molecular formula is C18H24N2OS. The lowest BCUT2D eigenvalue weighted by molar-refractivity contribution is 0.0342. The number of nitrogens with one attached hydrogen (secondary N) is 1. The summed E-state index contributed by atoms with van der Waals surface area (Å²) in [5, 5.41) is 5.66. The Bertz CT molecular complexity index is 533. The van der Waals surface area contributed by atoms with Gasteiger partial charge in [0.25, 0.3) is 0 Å². The van der Waals surface area contributed by atoms with Crippen molar-refractivity contribution in [3.05, 3.63) is 57.8 Å². The van der Waals surface area contributed by atoms with Crippen molar-refractivity contribution in [2.24, 2.45) is 0 Å². The third-order valence-electron chi connectivity index (χ3n) is 3.99. The smallest absolute Gasteiger partial charge is 0.0594 e. The van der Waals surface area contributed by atoms with Crippen LogP contribution >= 0.6 is 11.3 Å². The number of ether oxygens (including phenoxy) is 1. The fraction of sp³-hybridized carbons (Fsp3) is 0.444. The van der Waals surface area contributed by atoms with Crippen LogP contribution in [0.15, 0.2) is 41.8 Å². The first-order chi connectivity index (χ1) is 10.9. The topological polar surface area (TPSA) is 24.5 Å². The van der Waals surface area contributed by atoms with Crippen molar-refractivity contribution >= 4 is 11.3 Å². The van der Waals surface area contributed by atoms with Crippen molar-refractivity contribution in [2.45, 2.75) is 19.5 Å². The lowest BCUT2D eigenvalue weighted by atomic mass is 10.1. The van der Waals surface area contributed by atoms with Crippen molar-refractivity contribution in [3.63, 3.8) is 0 Å². The summed E-state index contributed by atoms with van der Waals surface area (Å²) in [7, 11) is 0. The molecule has 4 heteroatoms. The summed E-state index contributed by atoms with van der Waals surface area (Å²) < 4.78 is 5.39. The first-order valence-electron chi connectivity index (χ1n) is 8.01. The molecule has 0 aliphatic carbocycles. The summed E-state index contributed by atoms with van der Waals surface area (Å²) in [6.07, 6.45) is 1.12. The first-order valence-corrected chi connectivity index (χ1v) is 8.89. The second kappa shape index (κ2) is 8.44. The molecule has 0 spiro atoms. The van der Waals surface area contributed by atoms with E-state index in [1.807, 2.05) is 11.3 Å². The Kier molecular flexibility index (Phi) is 6.02. The van der Waals surface area contributed by atoms with E-state index in [0.717, 1.165) is 52.4 Å². The Labute approximate surface area is 136 Å². The quantitative estimate of drug-likeness (QED) is 0.795. The average Bonchev–Trinajstić information content (AvgIpc) is 3.07. The van der Waals surface area contributed by atoms with Crippen LogP contribution in [0.1, 0.15) is 16.0 Å². The molecule has 3 rings (SSSR count). The fourth-order valence-electron chi connectivity index (χ4n) is 2.68. The number of nitrogens with zero attached hydrogens (tertiary/aromatic N) is 1. The summed E-state index contributed by atoms with van der Waals surface area (Å²) >= 11 is 1.83. The van der Waals surface area contributed by atoms with Gasteiger partial charge >= 0.3 is 0 Å². The largest absolute Gasteiger partial charge is 0.379 e. The maximum Gasteiger partial charge on any atom is 0.0594 e. The highest BCUT2D eigenvalue weighted by Gasteiger charge is 2.10. The summed E-state index contributed by atoms with van der Waals surface area (Å²) in [5.41, 5.74) is 2.75. The molecule has 1 aliphatic rings. The third-order valence-corrected chi connectivity index (χ3v) is 4.93. The predicted molar refractivity (Wildman–Crippen MR) is 92.3 cm³/mol. The highest BCUT2D eigenvalue weighted by molar-refractivity contribution is 7.09. The number of hydrogen-bond acceptors (Lipinski definition) is 4. The van der Waals surface area contributed by atoms with E-state index in [-0.39, 0.29) is 0 Å². The number of morpholine rings is 1. The second-order valence-corrected chi connectivity index (χ2v) is 6.74. The molecule has 3 nitrogen and oxygen atoms in total. The molecule has 22 heavy (non-hydrogen) atoms. The SMILES string of the molecule is c1csc(CCNCc2ccc(CN3CCOCC3)cc2)c1. The van der Waals surface area contributed by atoms with Crippen LogP contribution in [0.5, 0.6) is 0 Å². The van der Waals surface area contributed by atoms with Gasteiger partial charge in [-0.15, -0.1) is 11.3 Å². The van der Waals surface area contributed by atoms with Crippen LogP contribution in [0.3, 0.4) is 0 Å². The number of benzene rings is 1. The van der Waals surface area contributed by atoms with Gasteiger partial charge in [-0.1, -0.05) is 30.3 Å². The van der Waals surface area contributed by atoms with E-state index < -0.39 is 0 Å². The van der Waals surface area contributed by atoms with Gasteiger partial charge in [0.05, 0.1) is 13.2 Å². The van der Waals surface area contributed by atoms with E-state index in [2.05, 4.69) is 52.0 Å². The maximum atomic E-state index is 5.39. The van der Waals surface area contributed by atoms with Gasteiger partial charge in [-0.25, -0.2) is 0 Å². The molecule has 0 atom stereocenters. The first kappa shape index (κ1) is 15.7. The minimum Gasteiger partial charge on any atom is -0.379 e. The molecule has 1 aliphatic heterocycles. The van der Waals surface area contributed by atoms with Gasteiger partial charge in [0.2, 0.25) is 0 Å². The summed E-state index contributed by atoms with van der Waals surface area (Å²) in [5.74, 6) is 0. The zero-order valence-corrected chi connectivity index (χ0v) is 13.8. The van der Waals surface area contributed by atoms with Crippen molar-refractivity contribution in [3.8, 4) is 0 Å². The molecule has 1 N–H and O–H groups in total. The van der Waals surface area contributed by atoms with E-state index in [1.165, 1.54) is 16.0 Å². The van der Waals surface area contributed by atoms with E-state index in [1.54, 1.807) is 0 Å². The maximum absolute atomic E-state index is 5.39. The highest BCUT2D eigenvalue weighted by atomic mass is 32.1. The van der Waals surface area contributed by atoms with E-state index in [9.17, 15) is 0 Å². The van der Waals surface area contributed by atoms with Gasteiger partial charge < -0.3 is 10.1 Å². The Hall–Kier alpha value is -1.20. The van der Waals surface area contributed by atoms with Crippen LogP contribution in [0.4, 0.5) is 0 Å². The standard InChI is InChI=1S/C18H24N2OS/c1-2-18(22-13-1)7-8-19-14-16-3-5-17(6-4-16)15-20-9-11-21-12-10-20/h1-6,13,19H,7-12,14-15H2. The molecule has 2 aromatic rings. The molecule has 1 saturated heterocycles. The monoisotopic (exact) mass is 316 g/mol. The van der Waals surface area contributed by atoms with Crippen molar-refractivity contribution in [1.29, 1.82) is 0 Å². The lowest BCUT2D eigenvalue weighted by Gasteiger charge is -2.26. The molecule has 0 unspecified atom stereocenters. The highest BCUT2D eigenvalue weighted by Crippen LogP contribution is 2.10. The molecule has 0 saturated carbocycles. The van der Waals surface area contributed by atoms with Gasteiger partial charge in [-0.2, -0.15) is 0 Å². The zero-order chi connectivity index (χ0) is 15.0. The Morgan fingerprint density at radius 2 is 1.82 bits per heavy atom. The molecule has 118 valence electrons. The van der Waals surface area contributed by atoms with Gasteiger partial charge in [0, 0.05) is 37.6 Å². The van der Waals surface area contributed by atoms with Crippen molar-refractivity contribution in [2.75, 3.05) is 32.8 Å². The summed E-state index contributed by atoms with van der Waals surface area (Å²) in [4.78, 5) is 3.91. The van der Waals surface area contributed by atoms with Crippen LogP contribution in [-0.4, -0.2) is 37.7 Å². The average molecular weight is 316 g/mol. The fourth-order valence-corrected chi connectivity index (χ4v) is 3.39. The molecule has 2 heterocycles. The molecule has 1 aromatic heterocycles.